The summed E-state index contributed by atoms with van der Waals surface area (Å²) in [6.45, 7) is 0. The molecule has 7 heteroatoms. The molecule has 0 atom stereocenters. The first-order valence-corrected chi connectivity index (χ1v) is 6.88. The largest absolute Gasteiger partial charge is 0.449 e. The van der Waals surface area contributed by atoms with Crippen molar-refractivity contribution < 1.29 is 14.1 Å². The predicted octanol–water partition coefficient (Wildman–Crippen LogP) is 4.29. The third-order valence-corrected chi connectivity index (χ3v) is 3.30. The van der Waals surface area contributed by atoms with Crippen LogP contribution in [-0.2, 0) is 5.33 Å². The van der Waals surface area contributed by atoms with Crippen LogP contribution in [0.25, 0.3) is 0 Å². The number of ether oxygens (including phenoxy) is 1. The van der Waals surface area contributed by atoms with Crippen molar-refractivity contribution in [3.05, 3.63) is 63.5 Å². The Morgan fingerprint density at radius 1 is 1.29 bits per heavy atom. The van der Waals surface area contributed by atoms with Crippen LogP contribution in [0.2, 0.25) is 0 Å². The highest BCUT2D eigenvalue weighted by molar-refractivity contribution is 9.08. The Labute approximate surface area is 127 Å². The Morgan fingerprint density at radius 3 is 2.62 bits per heavy atom. The number of hydrogen-bond acceptors (Lipinski definition) is 4. The molecule has 2 aromatic rings. The molecule has 0 heterocycles. The Balaban J connectivity index is 2.43. The molecule has 0 aliphatic rings. The summed E-state index contributed by atoms with van der Waals surface area (Å²) in [4.78, 5) is 10.2. The van der Waals surface area contributed by atoms with E-state index >= 15 is 0 Å². The summed E-state index contributed by atoms with van der Waals surface area (Å²) in [5.74, 6) is -0.675. The highest BCUT2D eigenvalue weighted by Crippen LogP contribution is 2.33. The van der Waals surface area contributed by atoms with Crippen molar-refractivity contribution in [2.75, 3.05) is 0 Å². The van der Waals surface area contributed by atoms with Crippen LogP contribution < -0.4 is 4.74 Å². The maximum Gasteiger partial charge on any atom is 0.314 e. The van der Waals surface area contributed by atoms with E-state index in [0.717, 1.165) is 23.8 Å². The van der Waals surface area contributed by atoms with E-state index in [2.05, 4.69) is 15.9 Å². The number of nitro benzene ring substituents is 1. The molecule has 0 N–H and O–H groups in total. The van der Waals surface area contributed by atoms with Crippen molar-refractivity contribution in [3.63, 3.8) is 0 Å². The smallest absolute Gasteiger partial charge is 0.314 e. The lowest BCUT2D eigenvalue weighted by Gasteiger charge is -2.08. The Bertz CT molecular complexity index is 743. The zero-order valence-corrected chi connectivity index (χ0v) is 12.1. The van der Waals surface area contributed by atoms with Gasteiger partial charge in [0.2, 0.25) is 5.75 Å². The predicted molar refractivity (Wildman–Crippen MR) is 76.9 cm³/mol. The monoisotopic (exact) mass is 350 g/mol. The number of nitrogens with zero attached hydrogens (tertiary/aromatic N) is 2. The summed E-state index contributed by atoms with van der Waals surface area (Å²) in [5.41, 5.74) is 0.613. The normalized spacial score (nSPS) is 9.95. The van der Waals surface area contributed by atoms with Gasteiger partial charge in [-0.2, -0.15) is 5.26 Å². The van der Waals surface area contributed by atoms with Gasteiger partial charge in [0.1, 0.15) is 17.6 Å². The van der Waals surface area contributed by atoms with Crippen molar-refractivity contribution >= 4 is 21.6 Å². The Hall–Kier alpha value is -2.46. The van der Waals surface area contributed by atoms with Crippen molar-refractivity contribution in [2.45, 2.75) is 5.33 Å². The molecule has 0 aliphatic carbocycles. The first kappa shape index (κ1) is 14.9. The second kappa shape index (κ2) is 6.33. The van der Waals surface area contributed by atoms with Gasteiger partial charge in [0.05, 0.1) is 16.6 Å². The summed E-state index contributed by atoms with van der Waals surface area (Å²) < 4.78 is 18.5. The molecule has 0 amide bonds. The third kappa shape index (κ3) is 3.35. The molecule has 5 nitrogen and oxygen atoms in total. The molecular formula is C14H8BrFN2O3. The van der Waals surface area contributed by atoms with Gasteiger partial charge in [0.25, 0.3) is 0 Å². The fourth-order valence-corrected chi connectivity index (χ4v) is 2.02. The van der Waals surface area contributed by atoms with Crippen LogP contribution in [0.4, 0.5) is 10.1 Å². The molecule has 0 bridgehead atoms. The van der Waals surface area contributed by atoms with E-state index in [1.165, 1.54) is 0 Å². The van der Waals surface area contributed by atoms with E-state index in [4.69, 9.17) is 10.00 Å². The number of benzene rings is 2. The second-order valence-electron chi connectivity index (χ2n) is 4.05. The van der Waals surface area contributed by atoms with E-state index in [1.54, 1.807) is 18.2 Å². The van der Waals surface area contributed by atoms with Crippen molar-refractivity contribution in [3.8, 4) is 17.6 Å². The molecule has 0 spiro atoms. The first-order valence-electron chi connectivity index (χ1n) is 5.76. The number of hydrogen-bond donors (Lipinski definition) is 0. The molecule has 0 fully saturated rings. The zero-order chi connectivity index (χ0) is 15.4. The molecule has 0 saturated heterocycles. The van der Waals surface area contributed by atoms with Gasteiger partial charge in [0, 0.05) is 5.33 Å². The van der Waals surface area contributed by atoms with Crippen molar-refractivity contribution in [1.82, 2.24) is 0 Å². The molecule has 0 aliphatic heterocycles. The summed E-state index contributed by atoms with van der Waals surface area (Å²) in [6.07, 6.45) is 0. The van der Waals surface area contributed by atoms with Gasteiger partial charge in [-0.25, -0.2) is 4.39 Å². The van der Waals surface area contributed by atoms with E-state index in [0.29, 0.717) is 5.33 Å². The number of halogens is 2. The highest BCUT2D eigenvalue weighted by atomic mass is 79.9. The van der Waals surface area contributed by atoms with Crippen LogP contribution in [-0.4, -0.2) is 4.92 Å². The van der Waals surface area contributed by atoms with Gasteiger partial charge < -0.3 is 4.74 Å². The van der Waals surface area contributed by atoms with Gasteiger partial charge in [-0.05, 0) is 29.8 Å². The number of alkyl halides is 1. The van der Waals surface area contributed by atoms with E-state index in [-0.39, 0.29) is 17.1 Å². The summed E-state index contributed by atoms with van der Waals surface area (Å²) in [5, 5.41) is 20.6. The Kier molecular flexibility index (Phi) is 4.50. The van der Waals surface area contributed by atoms with E-state index in [1.807, 2.05) is 6.07 Å². The van der Waals surface area contributed by atoms with Gasteiger partial charge in [-0.3, -0.25) is 10.1 Å². The van der Waals surface area contributed by atoms with Gasteiger partial charge in [-0.1, -0.05) is 22.0 Å². The molecular weight excluding hydrogens is 343 g/mol. The van der Waals surface area contributed by atoms with Crippen molar-refractivity contribution in [1.29, 1.82) is 5.26 Å². The fourth-order valence-electron chi connectivity index (χ4n) is 1.67. The summed E-state index contributed by atoms with van der Waals surface area (Å²) in [6, 6.07) is 9.83. The number of nitriles is 1. The molecule has 21 heavy (non-hydrogen) atoms. The quantitative estimate of drug-likeness (QED) is 0.468. The van der Waals surface area contributed by atoms with Crippen LogP contribution in [0, 0.1) is 27.3 Å². The molecule has 106 valence electrons. The molecule has 2 rings (SSSR count). The lowest BCUT2D eigenvalue weighted by molar-refractivity contribution is -0.385. The maximum atomic E-state index is 13.1. The summed E-state index contributed by atoms with van der Waals surface area (Å²) in [7, 11) is 0. The van der Waals surface area contributed by atoms with Crippen LogP contribution in [0.5, 0.6) is 11.5 Å². The third-order valence-electron chi connectivity index (χ3n) is 2.66. The van der Waals surface area contributed by atoms with E-state index in [9.17, 15) is 14.5 Å². The first-order chi connectivity index (χ1) is 10.0. The lowest BCUT2D eigenvalue weighted by atomic mass is 10.1. The van der Waals surface area contributed by atoms with Gasteiger partial charge >= 0.3 is 5.69 Å². The van der Waals surface area contributed by atoms with Gasteiger partial charge in [-0.15, -0.1) is 0 Å². The SMILES string of the molecule is N#Cc1cc(CBr)ccc1Oc1ccc(F)cc1[N+](=O)[O-]. The van der Waals surface area contributed by atoms with Crippen LogP contribution >= 0.6 is 15.9 Å². The van der Waals surface area contributed by atoms with Gasteiger partial charge in [0.15, 0.2) is 0 Å². The topological polar surface area (TPSA) is 76.2 Å². The van der Waals surface area contributed by atoms with Crippen LogP contribution in [0.3, 0.4) is 0 Å². The number of rotatable bonds is 4. The van der Waals surface area contributed by atoms with Crippen LogP contribution in [0.1, 0.15) is 11.1 Å². The minimum atomic E-state index is -0.739. The number of nitro groups is 1. The van der Waals surface area contributed by atoms with Crippen LogP contribution in [0.15, 0.2) is 36.4 Å². The highest BCUT2D eigenvalue weighted by Gasteiger charge is 2.18. The Morgan fingerprint density at radius 2 is 2.00 bits per heavy atom. The van der Waals surface area contributed by atoms with Crippen molar-refractivity contribution in [2.24, 2.45) is 0 Å². The minimum Gasteiger partial charge on any atom is -0.449 e. The molecule has 2 aromatic carbocycles. The summed E-state index contributed by atoms with van der Waals surface area (Å²) >= 11 is 3.27. The zero-order valence-electron chi connectivity index (χ0n) is 10.5. The fraction of sp³-hybridized carbons (Fsp3) is 0.0714. The lowest BCUT2D eigenvalue weighted by Crippen LogP contribution is -1.96. The molecule has 0 aromatic heterocycles. The van der Waals surface area contributed by atoms with E-state index < -0.39 is 16.4 Å². The standard InChI is InChI=1S/C14H8BrFN2O3/c15-7-9-1-3-13(10(5-9)8-17)21-14-4-2-11(16)6-12(14)18(19)20/h1-6H,7H2. The molecule has 0 radical (unpaired) electrons. The average molecular weight is 351 g/mol. The second-order valence-corrected chi connectivity index (χ2v) is 4.61. The maximum absolute atomic E-state index is 13.1. The minimum absolute atomic E-state index is 0.121. The average Bonchev–Trinajstić information content (AvgIpc) is 2.49. The molecule has 0 unspecified atom stereocenters. The molecule has 0 saturated carbocycles.